The van der Waals surface area contributed by atoms with E-state index in [1.54, 1.807) is 6.20 Å². The highest BCUT2D eigenvalue weighted by Gasteiger charge is 2.26. The lowest BCUT2D eigenvalue weighted by molar-refractivity contribution is -1.02. The second-order valence-corrected chi connectivity index (χ2v) is 7.65. The smallest absolute Gasteiger partial charge is 0.281 e. The minimum absolute atomic E-state index is 0.0255. The van der Waals surface area contributed by atoms with Crippen LogP contribution in [-0.2, 0) is 11.3 Å². The van der Waals surface area contributed by atoms with Crippen molar-refractivity contribution in [1.82, 2.24) is 4.98 Å². The molecule has 3 rings (SSSR count). The molecule has 0 saturated carbocycles. The van der Waals surface area contributed by atoms with Crippen LogP contribution in [0.4, 0.5) is 5.13 Å². The second kappa shape index (κ2) is 8.27. The molecule has 1 fully saturated rings. The highest BCUT2D eigenvalue weighted by Crippen LogP contribution is 2.23. The number of benzene rings is 1. The van der Waals surface area contributed by atoms with Crippen LogP contribution in [0.15, 0.2) is 29.8 Å². The zero-order chi connectivity index (χ0) is 16.9. The van der Waals surface area contributed by atoms with Crippen molar-refractivity contribution < 1.29 is 14.6 Å². The van der Waals surface area contributed by atoms with Crippen LogP contribution in [0.2, 0.25) is 10.0 Å². The minimum atomic E-state index is 0.0255. The lowest BCUT2D eigenvalue weighted by Gasteiger charge is -2.29. The maximum Gasteiger partial charge on any atom is 0.281 e. The average Bonchev–Trinajstić information content (AvgIpc) is 3.05. The van der Waals surface area contributed by atoms with Crippen LogP contribution < -0.4 is 15.1 Å². The molecule has 3 N–H and O–H groups in total. The molecule has 0 unspecified atom stereocenters. The van der Waals surface area contributed by atoms with Gasteiger partial charge in [-0.3, -0.25) is 10.1 Å². The average molecular weight is 387 g/mol. The third-order valence-electron chi connectivity index (χ3n) is 4.24. The Hall–Kier alpha value is -1.18. The number of thiazole rings is 1. The largest absolute Gasteiger partial charge is 0.322 e. The Morgan fingerprint density at radius 1 is 1.17 bits per heavy atom. The molecule has 1 amide bonds. The molecule has 0 bridgehead atoms. The number of quaternary nitrogens is 2. The van der Waals surface area contributed by atoms with Crippen molar-refractivity contribution in [2.75, 3.05) is 38.0 Å². The van der Waals surface area contributed by atoms with E-state index in [-0.39, 0.29) is 5.91 Å². The first-order chi connectivity index (χ1) is 11.6. The van der Waals surface area contributed by atoms with Gasteiger partial charge in [-0.1, -0.05) is 29.3 Å². The molecule has 2 aromatic rings. The van der Waals surface area contributed by atoms with Crippen LogP contribution in [0.1, 0.15) is 5.56 Å². The van der Waals surface area contributed by atoms with Gasteiger partial charge >= 0.3 is 0 Å². The number of piperazine rings is 1. The number of aromatic nitrogens is 1. The van der Waals surface area contributed by atoms with Crippen molar-refractivity contribution >= 4 is 45.6 Å². The summed E-state index contributed by atoms with van der Waals surface area (Å²) in [6.07, 6.45) is 1.69. The molecule has 0 atom stereocenters. The zero-order valence-electron chi connectivity index (χ0n) is 13.1. The summed E-state index contributed by atoms with van der Waals surface area (Å²) in [5.41, 5.74) is 1.01. The van der Waals surface area contributed by atoms with Crippen molar-refractivity contribution in [3.63, 3.8) is 0 Å². The van der Waals surface area contributed by atoms with Crippen molar-refractivity contribution in [2.45, 2.75) is 6.54 Å². The SMILES string of the molecule is O=C(C[NH+]1CC[NH+](Cc2c(Cl)cccc2Cl)CC1)Nc1nccs1. The van der Waals surface area contributed by atoms with E-state index < -0.39 is 0 Å². The minimum Gasteiger partial charge on any atom is -0.322 e. The molecule has 0 spiro atoms. The molecule has 1 aliphatic heterocycles. The first-order valence-electron chi connectivity index (χ1n) is 7.91. The number of anilines is 1. The van der Waals surface area contributed by atoms with Gasteiger partial charge in [0.25, 0.3) is 5.91 Å². The van der Waals surface area contributed by atoms with Crippen molar-refractivity contribution in [3.8, 4) is 0 Å². The van der Waals surface area contributed by atoms with E-state index in [2.05, 4.69) is 10.3 Å². The molecule has 2 heterocycles. The molecule has 1 aliphatic rings. The molecular formula is C16H20Cl2N4OS+2. The van der Waals surface area contributed by atoms with E-state index in [4.69, 9.17) is 23.2 Å². The monoisotopic (exact) mass is 386 g/mol. The van der Waals surface area contributed by atoms with Crippen LogP contribution in [0.25, 0.3) is 0 Å². The van der Waals surface area contributed by atoms with Gasteiger partial charge in [-0.05, 0) is 12.1 Å². The fraction of sp³-hybridized carbons (Fsp3) is 0.375. The number of halogens is 2. The van der Waals surface area contributed by atoms with Gasteiger partial charge in [0.15, 0.2) is 11.7 Å². The van der Waals surface area contributed by atoms with E-state index in [9.17, 15) is 4.79 Å². The zero-order valence-corrected chi connectivity index (χ0v) is 15.5. The lowest BCUT2D eigenvalue weighted by Crippen LogP contribution is -3.28. The van der Waals surface area contributed by atoms with Gasteiger partial charge in [0, 0.05) is 17.1 Å². The highest BCUT2D eigenvalue weighted by atomic mass is 35.5. The van der Waals surface area contributed by atoms with Gasteiger partial charge < -0.3 is 9.80 Å². The second-order valence-electron chi connectivity index (χ2n) is 5.94. The number of hydrogen-bond acceptors (Lipinski definition) is 3. The molecule has 128 valence electrons. The summed E-state index contributed by atoms with van der Waals surface area (Å²) in [6, 6.07) is 5.63. The Morgan fingerprint density at radius 3 is 2.46 bits per heavy atom. The summed E-state index contributed by atoms with van der Waals surface area (Å²) in [4.78, 5) is 18.9. The van der Waals surface area contributed by atoms with Crippen LogP contribution in [0.5, 0.6) is 0 Å². The van der Waals surface area contributed by atoms with Crippen LogP contribution in [0, 0.1) is 0 Å². The summed E-state index contributed by atoms with van der Waals surface area (Å²) in [7, 11) is 0. The van der Waals surface area contributed by atoms with E-state index >= 15 is 0 Å². The highest BCUT2D eigenvalue weighted by molar-refractivity contribution is 7.13. The molecule has 0 aliphatic carbocycles. The van der Waals surface area contributed by atoms with Crippen molar-refractivity contribution in [1.29, 1.82) is 0 Å². The third kappa shape index (κ3) is 4.68. The normalized spacial score (nSPS) is 20.8. The Bertz CT molecular complexity index is 667. The predicted octanol–water partition coefficient (Wildman–Crippen LogP) is 0.372. The van der Waals surface area contributed by atoms with Gasteiger partial charge in [0.05, 0.1) is 10.0 Å². The molecule has 24 heavy (non-hydrogen) atoms. The topological polar surface area (TPSA) is 50.9 Å². The molecule has 0 radical (unpaired) electrons. The Balaban J connectivity index is 1.46. The molecule has 1 saturated heterocycles. The van der Waals surface area contributed by atoms with Crippen LogP contribution in [0.3, 0.4) is 0 Å². The van der Waals surface area contributed by atoms with Gasteiger partial charge in [-0.25, -0.2) is 4.98 Å². The van der Waals surface area contributed by atoms with E-state index in [0.29, 0.717) is 11.7 Å². The van der Waals surface area contributed by atoms with Gasteiger partial charge in [0.2, 0.25) is 0 Å². The van der Waals surface area contributed by atoms with E-state index in [0.717, 1.165) is 48.3 Å². The number of carbonyl (C=O) groups excluding carboxylic acids is 1. The van der Waals surface area contributed by atoms with Crippen molar-refractivity contribution in [2.24, 2.45) is 0 Å². The van der Waals surface area contributed by atoms with Crippen LogP contribution >= 0.6 is 34.5 Å². The predicted molar refractivity (Wildman–Crippen MR) is 97.2 cm³/mol. The van der Waals surface area contributed by atoms with Gasteiger partial charge in [0.1, 0.15) is 32.7 Å². The molecule has 1 aromatic carbocycles. The number of rotatable bonds is 5. The van der Waals surface area contributed by atoms with E-state index in [1.807, 2.05) is 23.6 Å². The Kier molecular flexibility index (Phi) is 6.08. The first kappa shape index (κ1) is 17.6. The number of hydrogen-bond donors (Lipinski definition) is 3. The summed E-state index contributed by atoms with van der Waals surface area (Å²) in [5, 5.41) is 6.82. The van der Waals surface area contributed by atoms with E-state index in [1.165, 1.54) is 21.1 Å². The van der Waals surface area contributed by atoms with Gasteiger partial charge in [-0.15, -0.1) is 11.3 Å². The first-order valence-corrected chi connectivity index (χ1v) is 9.55. The lowest BCUT2D eigenvalue weighted by atomic mass is 10.2. The fourth-order valence-corrected chi connectivity index (χ4v) is 4.01. The quantitative estimate of drug-likeness (QED) is 0.695. The number of nitrogens with zero attached hydrogens (tertiary/aromatic N) is 1. The number of amides is 1. The molecule has 8 heteroatoms. The molecule has 5 nitrogen and oxygen atoms in total. The van der Waals surface area contributed by atoms with Gasteiger partial charge in [-0.2, -0.15) is 0 Å². The van der Waals surface area contributed by atoms with Crippen LogP contribution in [-0.4, -0.2) is 43.6 Å². The van der Waals surface area contributed by atoms with Crippen molar-refractivity contribution in [3.05, 3.63) is 45.4 Å². The molecule has 1 aromatic heterocycles. The summed E-state index contributed by atoms with van der Waals surface area (Å²) < 4.78 is 0. The maximum atomic E-state index is 12.0. The number of nitrogens with one attached hydrogen (secondary N) is 3. The Labute approximate surface area is 155 Å². The number of carbonyl (C=O) groups is 1. The standard InChI is InChI=1S/C16H18Cl2N4OS/c17-13-2-1-3-14(18)12(13)10-21-5-7-22(8-6-21)11-15(23)20-16-19-4-9-24-16/h1-4,9H,5-8,10-11H2,(H,19,20,23)/p+2. The Morgan fingerprint density at radius 2 is 1.83 bits per heavy atom. The fourth-order valence-electron chi connectivity index (χ4n) is 2.94. The summed E-state index contributed by atoms with van der Waals surface area (Å²) >= 11 is 13.9. The summed E-state index contributed by atoms with van der Waals surface area (Å²) in [5.74, 6) is 0.0255. The summed E-state index contributed by atoms with van der Waals surface area (Å²) in [6.45, 7) is 5.24. The maximum absolute atomic E-state index is 12.0. The molecular weight excluding hydrogens is 367 g/mol. The third-order valence-corrected chi connectivity index (χ3v) is 5.64.